The third kappa shape index (κ3) is 3.21. The van der Waals surface area contributed by atoms with Crippen LogP contribution in [0.2, 0.25) is 0 Å². The van der Waals surface area contributed by atoms with Crippen LogP contribution in [-0.4, -0.2) is 18.5 Å². The summed E-state index contributed by atoms with van der Waals surface area (Å²) in [5.41, 5.74) is 2.09. The number of Topliss-reactive ketones (excluding diaryl/α,β-unsaturated/α-hetero) is 1. The summed E-state index contributed by atoms with van der Waals surface area (Å²) < 4.78 is 5.56. The van der Waals surface area contributed by atoms with Crippen molar-refractivity contribution in [1.29, 1.82) is 0 Å². The lowest BCUT2D eigenvalue weighted by Crippen LogP contribution is -2.41. The molecule has 1 aromatic rings. The van der Waals surface area contributed by atoms with Crippen LogP contribution in [0.5, 0.6) is 0 Å². The molecule has 0 atom stereocenters. The van der Waals surface area contributed by atoms with E-state index in [1.807, 2.05) is 12.1 Å². The largest absolute Gasteiger partial charge is 0.378 e. The van der Waals surface area contributed by atoms with Gasteiger partial charge < -0.3 is 4.74 Å². The molecule has 2 aliphatic rings. The molecule has 0 aromatic heterocycles. The third-order valence-corrected chi connectivity index (χ3v) is 5.49. The molecule has 0 spiro atoms. The Hall–Kier alpha value is -1.15. The van der Waals surface area contributed by atoms with E-state index in [1.54, 1.807) is 7.11 Å². The van der Waals surface area contributed by atoms with Crippen molar-refractivity contribution in [3.8, 4) is 0 Å². The summed E-state index contributed by atoms with van der Waals surface area (Å²) in [4.78, 5) is 12.4. The molecule has 0 bridgehead atoms. The van der Waals surface area contributed by atoms with E-state index in [9.17, 15) is 4.79 Å². The van der Waals surface area contributed by atoms with E-state index in [0.29, 0.717) is 12.3 Å². The Morgan fingerprint density at radius 3 is 2.29 bits per heavy atom. The molecule has 2 aliphatic carbocycles. The number of hydrogen-bond donors (Lipinski definition) is 0. The third-order valence-electron chi connectivity index (χ3n) is 5.49. The fraction of sp³-hybridized carbons (Fsp3) is 0.632. The fourth-order valence-electron chi connectivity index (χ4n) is 3.80. The SMILES string of the molecule is COC1(CC(=O)c2ccc(C3CCCCC3)cc2)CCC1. The summed E-state index contributed by atoms with van der Waals surface area (Å²) in [6, 6.07) is 8.38. The molecule has 1 aromatic carbocycles. The van der Waals surface area contributed by atoms with Gasteiger partial charge in [-0.15, -0.1) is 0 Å². The van der Waals surface area contributed by atoms with Crippen molar-refractivity contribution in [2.45, 2.75) is 69.3 Å². The molecule has 0 radical (unpaired) electrons. The van der Waals surface area contributed by atoms with Gasteiger partial charge in [0.15, 0.2) is 5.78 Å². The number of methoxy groups -OCH3 is 1. The summed E-state index contributed by atoms with van der Waals surface area (Å²) in [6.45, 7) is 0. The maximum Gasteiger partial charge on any atom is 0.165 e. The van der Waals surface area contributed by atoms with Crippen molar-refractivity contribution in [1.82, 2.24) is 0 Å². The Morgan fingerprint density at radius 2 is 1.76 bits per heavy atom. The first-order valence-electron chi connectivity index (χ1n) is 8.41. The number of ketones is 1. The molecule has 0 aliphatic heterocycles. The van der Waals surface area contributed by atoms with Crippen LogP contribution in [0.4, 0.5) is 0 Å². The van der Waals surface area contributed by atoms with Crippen LogP contribution in [0, 0.1) is 0 Å². The predicted molar refractivity (Wildman–Crippen MR) is 84.8 cm³/mol. The molecule has 2 heteroatoms. The number of hydrogen-bond acceptors (Lipinski definition) is 2. The predicted octanol–water partition coefficient (Wildman–Crippen LogP) is 4.88. The van der Waals surface area contributed by atoms with Crippen molar-refractivity contribution in [2.75, 3.05) is 7.11 Å². The molecule has 2 nitrogen and oxygen atoms in total. The molecule has 0 heterocycles. The zero-order valence-electron chi connectivity index (χ0n) is 13.1. The zero-order chi connectivity index (χ0) is 14.7. The van der Waals surface area contributed by atoms with Gasteiger partial charge in [0.2, 0.25) is 0 Å². The van der Waals surface area contributed by atoms with Crippen LogP contribution in [0.3, 0.4) is 0 Å². The van der Waals surface area contributed by atoms with Crippen molar-refractivity contribution in [2.24, 2.45) is 0 Å². The number of benzene rings is 1. The second kappa shape index (κ2) is 6.31. The highest BCUT2D eigenvalue weighted by molar-refractivity contribution is 5.96. The molecule has 114 valence electrons. The van der Waals surface area contributed by atoms with Crippen LogP contribution in [0.25, 0.3) is 0 Å². The fourth-order valence-corrected chi connectivity index (χ4v) is 3.80. The maximum absolute atomic E-state index is 12.4. The number of rotatable bonds is 5. The molecule has 0 saturated heterocycles. The summed E-state index contributed by atoms with van der Waals surface area (Å²) in [5, 5.41) is 0. The maximum atomic E-state index is 12.4. The van der Waals surface area contributed by atoms with Crippen LogP contribution in [0.1, 0.15) is 79.6 Å². The van der Waals surface area contributed by atoms with E-state index in [1.165, 1.54) is 44.1 Å². The van der Waals surface area contributed by atoms with Crippen molar-refractivity contribution >= 4 is 5.78 Å². The van der Waals surface area contributed by atoms with E-state index in [4.69, 9.17) is 4.74 Å². The van der Waals surface area contributed by atoms with Crippen LogP contribution < -0.4 is 0 Å². The Balaban J connectivity index is 1.64. The van der Waals surface area contributed by atoms with Crippen molar-refractivity contribution < 1.29 is 9.53 Å². The second-order valence-electron chi connectivity index (χ2n) is 6.80. The number of ether oxygens (including phenoxy) is 1. The summed E-state index contributed by atoms with van der Waals surface area (Å²) in [7, 11) is 1.73. The minimum Gasteiger partial charge on any atom is -0.378 e. The summed E-state index contributed by atoms with van der Waals surface area (Å²) in [5.74, 6) is 0.937. The molecule has 2 saturated carbocycles. The molecule has 21 heavy (non-hydrogen) atoms. The van der Waals surface area contributed by atoms with Gasteiger partial charge in [0.25, 0.3) is 0 Å². The van der Waals surface area contributed by atoms with E-state index >= 15 is 0 Å². The summed E-state index contributed by atoms with van der Waals surface area (Å²) in [6.07, 6.45) is 10.5. The highest BCUT2D eigenvalue weighted by Crippen LogP contribution is 2.39. The van der Waals surface area contributed by atoms with Crippen LogP contribution >= 0.6 is 0 Å². The quantitative estimate of drug-likeness (QED) is 0.721. The molecular formula is C19H26O2. The van der Waals surface area contributed by atoms with Gasteiger partial charge in [0, 0.05) is 19.1 Å². The zero-order valence-corrected chi connectivity index (χ0v) is 13.1. The Labute approximate surface area is 127 Å². The van der Waals surface area contributed by atoms with Gasteiger partial charge in [-0.05, 0) is 43.6 Å². The Morgan fingerprint density at radius 1 is 1.10 bits per heavy atom. The van der Waals surface area contributed by atoms with E-state index in [2.05, 4.69) is 12.1 Å². The van der Waals surface area contributed by atoms with Crippen molar-refractivity contribution in [3.63, 3.8) is 0 Å². The summed E-state index contributed by atoms with van der Waals surface area (Å²) >= 11 is 0. The van der Waals surface area contributed by atoms with E-state index in [0.717, 1.165) is 18.4 Å². The molecular weight excluding hydrogens is 260 g/mol. The average Bonchev–Trinajstić information content (AvgIpc) is 2.52. The van der Waals surface area contributed by atoms with Gasteiger partial charge in [-0.25, -0.2) is 0 Å². The van der Waals surface area contributed by atoms with E-state index < -0.39 is 0 Å². The van der Waals surface area contributed by atoms with Gasteiger partial charge in [-0.1, -0.05) is 43.5 Å². The standard InChI is InChI=1S/C19H26O2/c1-21-19(12-5-13-19)14-18(20)17-10-8-16(9-11-17)15-6-3-2-4-7-15/h8-11,15H,2-7,12-14H2,1H3. The lowest BCUT2D eigenvalue weighted by Gasteiger charge is -2.40. The van der Waals surface area contributed by atoms with Crippen molar-refractivity contribution in [3.05, 3.63) is 35.4 Å². The molecule has 3 rings (SSSR count). The molecule has 0 N–H and O–H groups in total. The highest BCUT2D eigenvalue weighted by Gasteiger charge is 2.39. The second-order valence-corrected chi connectivity index (χ2v) is 6.80. The highest BCUT2D eigenvalue weighted by atomic mass is 16.5. The number of carbonyl (C=O) groups is 1. The average molecular weight is 286 g/mol. The van der Waals surface area contributed by atoms with Gasteiger partial charge >= 0.3 is 0 Å². The monoisotopic (exact) mass is 286 g/mol. The first kappa shape index (κ1) is 14.8. The Kier molecular flexibility index (Phi) is 4.44. The van der Waals surface area contributed by atoms with Crippen LogP contribution in [0.15, 0.2) is 24.3 Å². The first-order valence-corrected chi connectivity index (χ1v) is 8.41. The van der Waals surface area contributed by atoms with Gasteiger partial charge in [0.1, 0.15) is 0 Å². The Bertz CT molecular complexity index is 473. The van der Waals surface area contributed by atoms with Crippen LogP contribution in [-0.2, 0) is 4.74 Å². The van der Waals surface area contributed by atoms with Gasteiger partial charge in [0.05, 0.1) is 5.60 Å². The van der Waals surface area contributed by atoms with Gasteiger partial charge in [-0.3, -0.25) is 4.79 Å². The normalized spacial score (nSPS) is 21.8. The van der Waals surface area contributed by atoms with E-state index in [-0.39, 0.29) is 11.4 Å². The molecule has 0 amide bonds. The molecule has 2 fully saturated rings. The number of carbonyl (C=O) groups excluding carboxylic acids is 1. The minimum atomic E-state index is -0.168. The lowest BCUT2D eigenvalue weighted by atomic mass is 9.75. The first-order chi connectivity index (χ1) is 10.2. The topological polar surface area (TPSA) is 26.3 Å². The smallest absolute Gasteiger partial charge is 0.165 e. The van der Waals surface area contributed by atoms with Gasteiger partial charge in [-0.2, -0.15) is 0 Å². The molecule has 0 unspecified atom stereocenters. The minimum absolute atomic E-state index is 0.168. The lowest BCUT2D eigenvalue weighted by molar-refractivity contribution is -0.0704.